The third-order valence-electron chi connectivity index (χ3n) is 2.35. The fourth-order valence-corrected chi connectivity index (χ4v) is 2.78. The van der Waals surface area contributed by atoms with Gasteiger partial charge in [-0.25, -0.2) is 8.78 Å². The first-order valence-electron chi connectivity index (χ1n) is 5.29. The summed E-state index contributed by atoms with van der Waals surface area (Å²) < 4.78 is 57.2. The van der Waals surface area contributed by atoms with Crippen LogP contribution in [0.25, 0.3) is 0 Å². The van der Waals surface area contributed by atoms with Crippen molar-refractivity contribution >= 4 is 27.3 Å². The van der Waals surface area contributed by atoms with Crippen LogP contribution in [0.4, 0.5) is 14.5 Å². The van der Waals surface area contributed by atoms with Gasteiger partial charge in [0.05, 0.1) is 11.6 Å². The number of sulfonamides is 1. The van der Waals surface area contributed by atoms with Crippen molar-refractivity contribution in [3.8, 4) is 0 Å². The highest BCUT2D eigenvalue weighted by Gasteiger charge is 2.22. The summed E-state index contributed by atoms with van der Waals surface area (Å²) in [5, 5.41) is -0.852. The van der Waals surface area contributed by atoms with E-state index in [1.165, 1.54) is 12.1 Å². The topological polar surface area (TPSA) is 85.3 Å². The first-order valence-corrected chi connectivity index (χ1v) is 7.16. The van der Waals surface area contributed by atoms with Gasteiger partial charge in [0.25, 0.3) is 10.0 Å². The summed E-state index contributed by atoms with van der Waals surface area (Å²) in [5.74, 6) is -1.81. The lowest BCUT2D eigenvalue weighted by molar-refractivity contribution is 0.417. The standard InChI is InChI=1S/C11H9ClF2N2O3S/c12-8-3-6(13)4-9(14)11(8)16-20(17,18)10-2-1-7(5-15)19-10/h1-4,16H,5,15H2. The van der Waals surface area contributed by atoms with Gasteiger partial charge in [-0.2, -0.15) is 8.42 Å². The first kappa shape index (κ1) is 14.8. The van der Waals surface area contributed by atoms with Crippen LogP contribution in [-0.2, 0) is 16.6 Å². The van der Waals surface area contributed by atoms with E-state index in [-0.39, 0.29) is 12.3 Å². The van der Waals surface area contributed by atoms with Crippen LogP contribution in [0.2, 0.25) is 5.02 Å². The van der Waals surface area contributed by atoms with Gasteiger partial charge in [0.2, 0.25) is 5.09 Å². The molecule has 0 bridgehead atoms. The molecule has 0 saturated heterocycles. The molecule has 1 heterocycles. The summed E-state index contributed by atoms with van der Waals surface area (Å²) in [7, 11) is -4.18. The molecule has 2 aromatic rings. The van der Waals surface area contributed by atoms with Crippen LogP contribution in [0, 0.1) is 11.6 Å². The second-order valence-corrected chi connectivity index (χ2v) is 5.80. The average molecular weight is 323 g/mol. The van der Waals surface area contributed by atoms with E-state index in [1.807, 2.05) is 4.72 Å². The maximum atomic E-state index is 13.5. The minimum Gasteiger partial charge on any atom is -0.446 e. The Morgan fingerprint density at radius 1 is 1.30 bits per heavy atom. The van der Waals surface area contributed by atoms with Crippen molar-refractivity contribution in [2.45, 2.75) is 11.6 Å². The van der Waals surface area contributed by atoms with Crippen molar-refractivity contribution < 1.29 is 21.6 Å². The van der Waals surface area contributed by atoms with Crippen molar-refractivity contribution in [2.75, 3.05) is 4.72 Å². The van der Waals surface area contributed by atoms with E-state index in [1.54, 1.807) is 0 Å². The summed E-state index contributed by atoms with van der Waals surface area (Å²) in [4.78, 5) is 0. The quantitative estimate of drug-likeness (QED) is 0.905. The van der Waals surface area contributed by atoms with Crippen LogP contribution in [0.3, 0.4) is 0 Å². The molecule has 9 heteroatoms. The SMILES string of the molecule is NCc1ccc(S(=O)(=O)Nc2c(F)cc(F)cc2Cl)o1. The molecule has 0 aliphatic rings. The lowest BCUT2D eigenvalue weighted by atomic mass is 10.3. The molecule has 0 radical (unpaired) electrons. The highest BCUT2D eigenvalue weighted by Crippen LogP contribution is 2.29. The zero-order valence-corrected chi connectivity index (χ0v) is 11.4. The molecule has 20 heavy (non-hydrogen) atoms. The van der Waals surface area contributed by atoms with Gasteiger partial charge in [-0.15, -0.1) is 0 Å². The predicted molar refractivity (Wildman–Crippen MR) is 68.8 cm³/mol. The van der Waals surface area contributed by atoms with Crippen LogP contribution in [0.15, 0.2) is 33.8 Å². The lowest BCUT2D eigenvalue weighted by Crippen LogP contribution is -2.14. The molecule has 1 aromatic heterocycles. The Bertz CT molecular complexity index is 723. The van der Waals surface area contributed by atoms with Gasteiger partial charge in [0.1, 0.15) is 17.3 Å². The van der Waals surface area contributed by atoms with Gasteiger partial charge < -0.3 is 10.2 Å². The van der Waals surface area contributed by atoms with E-state index in [0.717, 1.165) is 6.07 Å². The molecule has 0 amide bonds. The summed E-state index contributed by atoms with van der Waals surface area (Å²) in [6, 6.07) is 3.84. The molecule has 0 aliphatic heterocycles. The Labute approximate surface area is 118 Å². The predicted octanol–water partition coefficient (Wildman–Crippen LogP) is 2.47. The van der Waals surface area contributed by atoms with Crippen molar-refractivity contribution in [3.63, 3.8) is 0 Å². The molecular formula is C11H9ClF2N2O3S. The lowest BCUT2D eigenvalue weighted by Gasteiger charge is -2.08. The average Bonchev–Trinajstić information content (AvgIpc) is 2.83. The second-order valence-electron chi connectivity index (χ2n) is 3.77. The third kappa shape index (κ3) is 2.92. The normalized spacial score (nSPS) is 11.6. The number of halogens is 3. The molecule has 2 rings (SSSR count). The van der Waals surface area contributed by atoms with Crippen molar-refractivity contribution in [1.82, 2.24) is 0 Å². The third-order valence-corrected chi connectivity index (χ3v) is 3.87. The zero-order chi connectivity index (χ0) is 14.9. The number of furan rings is 1. The van der Waals surface area contributed by atoms with Crippen molar-refractivity contribution in [1.29, 1.82) is 0 Å². The van der Waals surface area contributed by atoms with Crippen LogP contribution in [0.1, 0.15) is 5.76 Å². The number of nitrogens with one attached hydrogen (secondary N) is 1. The maximum absolute atomic E-state index is 13.5. The molecule has 5 nitrogen and oxygen atoms in total. The molecule has 0 fully saturated rings. The minimum atomic E-state index is -4.18. The van der Waals surface area contributed by atoms with Gasteiger partial charge in [-0.1, -0.05) is 11.6 Å². The molecule has 0 unspecified atom stereocenters. The fraction of sp³-hybridized carbons (Fsp3) is 0.0909. The number of anilines is 1. The van der Waals surface area contributed by atoms with Crippen LogP contribution >= 0.6 is 11.6 Å². The van der Waals surface area contributed by atoms with Crippen LogP contribution in [-0.4, -0.2) is 8.42 Å². The van der Waals surface area contributed by atoms with Crippen LogP contribution < -0.4 is 10.5 Å². The molecule has 0 aliphatic carbocycles. The summed E-state index contributed by atoms with van der Waals surface area (Å²) in [6.07, 6.45) is 0. The molecular weight excluding hydrogens is 314 g/mol. The van der Waals surface area contributed by atoms with Crippen molar-refractivity contribution in [3.05, 3.63) is 46.7 Å². The van der Waals surface area contributed by atoms with Gasteiger partial charge in [0, 0.05) is 6.07 Å². The molecule has 1 aromatic carbocycles. The van der Waals surface area contributed by atoms with Gasteiger partial charge in [-0.05, 0) is 18.2 Å². The number of benzene rings is 1. The van der Waals surface area contributed by atoms with Crippen LogP contribution in [0.5, 0.6) is 0 Å². The smallest absolute Gasteiger partial charge is 0.295 e. The molecule has 0 saturated carbocycles. The molecule has 0 spiro atoms. The Balaban J connectivity index is 2.38. The highest BCUT2D eigenvalue weighted by atomic mass is 35.5. The molecule has 0 atom stereocenters. The Kier molecular flexibility index (Phi) is 3.98. The first-order chi connectivity index (χ1) is 9.33. The number of hydrogen-bond acceptors (Lipinski definition) is 4. The summed E-state index contributed by atoms with van der Waals surface area (Å²) >= 11 is 5.60. The minimum absolute atomic E-state index is 0.0151. The summed E-state index contributed by atoms with van der Waals surface area (Å²) in [6.45, 7) is 0.0151. The summed E-state index contributed by atoms with van der Waals surface area (Å²) in [5.41, 5.74) is 4.74. The van der Waals surface area contributed by atoms with Gasteiger partial charge >= 0.3 is 0 Å². The maximum Gasteiger partial charge on any atom is 0.295 e. The van der Waals surface area contributed by atoms with Gasteiger partial charge in [-0.3, -0.25) is 4.72 Å². The zero-order valence-electron chi connectivity index (χ0n) is 9.86. The highest BCUT2D eigenvalue weighted by molar-refractivity contribution is 7.92. The van der Waals surface area contributed by atoms with E-state index in [9.17, 15) is 17.2 Å². The van der Waals surface area contributed by atoms with Crippen molar-refractivity contribution in [2.24, 2.45) is 5.73 Å². The van der Waals surface area contributed by atoms with Gasteiger partial charge in [0.15, 0.2) is 5.82 Å². The van der Waals surface area contributed by atoms with E-state index < -0.39 is 37.5 Å². The Hall–Kier alpha value is -1.64. The van der Waals surface area contributed by atoms with E-state index >= 15 is 0 Å². The molecule has 108 valence electrons. The monoisotopic (exact) mass is 322 g/mol. The number of nitrogens with two attached hydrogens (primary N) is 1. The number of hydrogen-bond donors (Lipinski definition) is 2. The van der Waals surface area contributed by atoms with E-state index in [2.05, 4.69) is 0 Å². The Morgan fingerprint density at radius 2 is 2.00 bits per heavy atom. The fourth-order valence-electron chi connectivity index (χ4n) is 1.44. The molecule has 3 N–H and O–H groups in total. The number of rotatable bonds is 4. The van der Waals surface area contributed by atoms with E-state index in [0.29, 0.717) is 6.07 Å². The second kappa shape index (κ2) is 5.39. The van der Waals surface area contributed by atoms with E-state index in [4.69, 9.17) is 21.8 Å². The Morgan fingerprint density at radius 3 is 2.55 bits per heavy atom. The largest absolute Gasteiger partial charge is 0.446 e.